The maximum Gasteiger partial charge on any atom is 0.194 e. The van der Waals surface area contributed by atoms with Gasteiger partial charge in [0.2, 0.25) is 0 Å². The highest BCUT2D eigenvalue weighted by Gasteiger charge is 2.28. The first-order chi connectivity index (χ1) is 5.86. The Morgan fingerprint density at radius 1 is 1.58 bits per heavy atom. The fraction of sp³-hybridized carbons (Fsp3) is 0.444. The predicted octanol–water partition coefficient (Wildman–Crippen LogP) is 2.58. The number of aromatic nitrogens is 2. The highest BCUT2D eigenvalue weighted by molar-refractivity contribution is 7.15. The Balaban J connectivity index is 2.29. The van der Waals surface area contributed by atoms with Crippen LogP contribution in [0, 0.1) is 6.92 Å². The molecule has 62 valence electrons. The van der Waals surface area contributed by atoms with Crippen LogP contribution >= 0.6 is 11.3 Å². The Bertz CT molecular complexity index is 423. The van der Waals surface area contributed by atoms with Gasteiger partial charge in [0.05, 0.1) is 5.69 Å². The van der Waals surface area contributed by atoms with E-state index in [1.807, 2.05) is 0 Å². The number of fused-ring (bicyclic) bond motifs is 1. The van der Waals surface area contributed by atoms with Gasteiger partial charge in [0.25, 0.3) is 0 Å². The third-order valence-corrected chi connectivity index (χ3v) is 3.26. The lowest BCUT2D eigenvalue weighted by Crippen LogP contribution is -1.85. The second-order valence-corrected chi connectivity index (χ2v) is 4.29. The normalized spacial score (nSPS) is 17.4. The van der Waals surface area contributed by atoms with Gasteiger partial charge < -0.3 is 0 Å². The Morgan fingerprint density at radius 3 is 3.08 bits per heavy atom. The molecule has 0 atom stereocenters. The third-order valence-electron chi connectivity index (χ3n) is 2.50. The van der Waals surface area contributed by atoms with Crippen molar-refractivity contribution in [3.63, 3.8) is 0 Å². The quantitative estimate of drug-likeness (QED) is 0.656. The minimum Gasteiger partial charge on any atom is -0.295 e. The highest BCUT2D eigenvalue weighted by atomic mass is 32.1. The summed E-state index contributed by atoms with van der Waals surface area (Å²) in [5, 5.41) is 2.09. The van der Waals surface area contributed by atoms with Gasteiger partial charge in [-0.05, 0) is 19.8 Å². The van der Waals surface area contributed by atoms with Crippen molar-refractivity contribution in [1.29, 1.82) is 0 Å². The van der Waals surface area contributed by atoms with Crippen LogP contribution in [0.1, 0.15) is 30.1 Å². The van der Waals surface area contributed by atoms with Gasteiger partial charge in [0, 0.05) is 23.2 Å². The number of imidazole rings is 1. The van der Waals surface area contributed by atoms with Crippen LogP contribution in [0.3, 0.4) is 0 Å². The molecule has 1 fully saturated rings. The topological polar surface area (TPSA) is 17.3 Å². The predicted molar refractivity (Wildman–Crippen MR) is 49.8 cm³/mol. The van der Waals surface area contributed by atoms with Crippen molar-refractivity contribution < 1.29 is 0 Å². The lowest BCUT2D eigenvalue weighted by atomic mass is 10.2. The molecule has 0 spiro atoms. The van der Waals surface area contributed by atoms with Gasteiger partial charge in [-0.15, -0.1) is 11.3 Å². The molecule has 0 aliphatic heterocycles. The Morgan fingerprint density at radius 2 is 2.42 bits per heavy atom. The zero-order valence-corrected chi connectivity index (χ0v) is 7.77. The molecular weight excluding hydrogens is 168 g/mol. The standard InChI is InChI=1S/C9H10N2S/c1-6-8(7-2-3-7)10-9-11(6)4-5-12-9/h4-5,7H,2-3H2,1H3. The lowest BCUT2D eigenvalue weighted by molar-refractivity contribution is 1.01. The van der Waals surface area contributed by atoms with E-state index in [0.717, 1.165) is 10.9 Å². The van der Waals surface area contributed by atoms with E-state index < -0.39 is 0 Å². The summed E-state index contributed by atoms with van der Waals surface area (Å²) in [6.45, 7) is 2.17. The molecule has 1 saturated carbocycles. The van der Waals surface area contributed by atoms with Gasteiger partial charge in [0.1, 0.15) is 0 Å². The molecule has 2 heterocycles. The summed E-state index contributed by atoms with van der Waals surface area (Å²) in [7, 11) is 0. The second-order valence-electron chi connectivity index (χ2n) is 3.41. The van der Waals surface area contributed by atoms with Crippen molar-refractivity contribution in [3.8, 4) is 0 Å². The zero-order valence-electron chi connectivity index (χ0n) is 6.95. The van der Waals surface area contributed by atoms with Crippen molar-refractivity contribution in [2.24, 2.45) is 0 Å². The summed E-state index contributed by atoms with van der Waals surface area (Å²) in [5.41, 5.74) is 2.68. The van der Waals surface area contributed by atoms with Crippen LogP contribution in [0.4, 0.5) is 0 Å². The van der Waals surface area contributed by atoms with Crippen LogP contribution in [-0.4, -0.2) is 9.38 Å². The second kappa shape index (κ2) is 2.10. The first-order valence-electron chi connectivity index (χ1n) is 4.28. The van der Waals surface area contributed by atoms with Crippen LogP contribution in [0.5, 0.6) is 0 Å². The molecule has 1 aliphatic carbocycles. The van der Waals surface area contributed by atoms with E-state index in [9.17, 15) is 0 Å². The van der Waals surface area contributed by atoms with Gasteiger partial charge in [-0.2, -0.15) is 0 Å². The Hall–Kier alpha value is -0.830. The first-order valence-corrected chi connectivity index (χ1v) is 5.16. The molecule has 3 heteroatoms. The van der Waals surface area contributed by atoms with Crippen LogP contribution < -0.4 is 0 Å². The van der Waals surface area contributed by atoms with Gasteiger partial charge in [0.15, 0.2) is 4.96 Å². The Labute approximate surface area is 74.9 Å². The number of thiazole rings is 1. The van der Waals surface area contributed by atoms with E-state index in [1.54, 1.807) is 11.3 Å². The molecule has 2 nitrogen and oxygen atoms in total. The molecule has 0 N–H and O–H groups in total. The summed E-state index contributed by atoms with van der Waals surface area (Å²) < 4.78 is 2.19. The van der Waals surface area contributed by atoms with Crippen molar-refractivity contribution in [1.82, 2.24) is 9.38 Å². The summed E-state index contributed by atoms with van der Waals surface area (Å²) in [6, 6.07) is 0. The van der Waals surface area contributed by atoms with Crippen molar-refractivity contribution in [3.05, 3.63) is 23.0 Å². The molecule has 2 aromatic heterocycles. The molecule has 0 radical (unpaired) electrons. The molecule has 1 aliphatic rings. The monoisotopic (exact) mass is 178 g/mol. The van der Waals surface area contributed by atoms with E-state index in [-0.39, 0.29) is 0 Å². The number of aryl methyl sites for hydroxylation is 1. The summed E-state index contributed by atoms with van der Waals surface area (Å²) in [6.07, 6.45) is 4.78. The average Bonchev–Trinajstić information content (AvgIpc) is 2.71. The Kier molecular flexibility index (Phi) is 1.17. The summed E-state index contributed by atoms with van der Waals surface area (Å²) >= 11 is 1.72. The van der Waals surface area contributed by atoms with Crippen LogP contribution in [0.15, 0.2) is 11.6 Å². The molecule has 0 aromatic carbocycles. The van der Waals surface area contributed by atoms with Crippen LogP contribution in [0.2, 0.25) is 0 Å². The number of nitrogens with zero attached hydrogens (tertiary/aromatic N) is 2. The fourth-order valence-electron chi connectivity index (χ4n) is 1.66. The van der Waals surface area contributed by atoms with Crippen LogP contribution in [0.25, 0.3) is 4.96 Å². The minimum atomic E-state index is 0.775. The molecule has 3 rings (SSSR count). The maximum atomic E-state index is 4.62. The maximum absolute atomic E-state index is 4.62. The molecule has 0 saturated heterocycles. The third kappa shape index (κ3) is 0.771. The lowest BCUT2D eigenvalue weighted by Gasteiger charge is -1.92. The van der Waals surface area contributed by atoms with Crippen molar-refractivity contribution in [2.75, 3.05) is 0 Å². The van der Waals surface area contributed by atoms with E-state index in [0.29, 0.717) is 0 Å². The van der Waals surface area contributed by atoms with Crippen molar-refractivity contribution >= 4 is 16.3 Å². The molecule has 0 amide bonds. The van der Waals surface area contributed by atoms with E-state index in [2.05, 4.69) is 27.9 Å². The van der Waals surface area contributed by atoms with E-state index in [4.69, 9.17) is 0 Å². The number of hydrogen-bond acceptors (Lipinski definition) is 2. The van der Waals surface area contributed by atoms with Gasteiger partial charge in [-0.25, -0.2) is 4.98 Å². The minimum absolute atomic E-state index is 0.775. The largest absolute Gasteiger partial charge is 0.295 e. The van der Waals surface area contributed by atoms with Gasteiger partial charge in [-0.1, -0.05) is 0 Å². The number of rotatable bonds is 1. The highest BCUT2D eigenvalue weighted by Crippen LogP contribution is 2.41. The van der Waals surface area contributed by atoms with Gasteiger partial charge >= 0.3 is 0 Å². The smallest absolute Gasteiger partial charge is 0.194 e. The summed E-state index contributed by atoms with van der Waals surface area (Å²) in [5.74, 6) is 0.775. The van der Waals surface area contributed by atoms with E-state index >= 15 is 0 Å². The first kappa shape index (κ1) is 6.66. The average molecular weight is 178 g/mol. The molecule has 0 unspecified atom stereocenters. The SMILES string of the molecule is Cc1c(C2CC2)nc2sccn12. The van der Waals surface area contributed by atoms with Crippen LogP contribution in [-0.2, 0) is 0 Å². The molecule has 0 bridgehead atoms. The zero-order chi connectivity index (χ0) is 8.13. The van der Waals surface area contributed by atoms with E-state index in [1.165, 1.54) is 24.2 Å². The van der Waals surface area contributed by atoms with Crippen molar-refractivity contribution in [2.45, 2.75) is 25.7 Å². The summed E-state index contributed by atoms with van der Waals surface area (Å²) in [4.78, 5) is 5.76. The molecule has 12 heavy (non-hydrogen) atoms. The number of hydrogen-bond donors (Lipinski definition) is 0. The molecular formula is C9H10N2S. The van der Waals surface area contributed by atoms with Gasteiger partial charge in [-0.3, -0.25) is 4.40 Å². The molecule has 2 aromatic rings. The fourth-order valence-corrected chi connectivity index (χ4v) is 2.43.